The molecule has 0 amide bonds. The molecule has 0 atom stereocenters. The van der Waals surface area contributed by atoms with Crippen molar-refractivity contribution < 1.29 is 13.2 Å². The van der Waals surface area contributed by atoms with Gasteiger partial charge in [0.15, 0.2) is 11.6 Å². The molecule has 0 saturated heterocycles. The van der Waals surface area contributed by atoms with E-state index in [9.17, 15) is 8.78 Å². The summed E-state index contributed by atoms with van der Waals surface area (Å²) in [4.78, 5) is 0. The van der Waals surface area contributed by atoms with Crippen LogP contribution in [-0.2, 0) is 6.42 Å². The van der Waals surface area contributed by atoms with Crippen LogP contribution in [-0.4, -0.2) is 22.3 Å². The Morgan fingerprint density at radius 2 is 1.90 bits per heavy atom. The molecule has 1 heterocycles. The van der Waals surface area contributed by atoms with Gasteiger partial charge in [0, 0.05) is 17.5 Å². The highest BCUT2D eigenvalue weighted by molar-refractivity contribution is 5.52. The van der Waals surface area contributed by atoms with E-state index in [1.807, 2.05) is 0 Å². The molecule has 0 bridgehead atoms. The molecule has 0 radical (unpaired) electrons. The van der Waals surface area contributed by atoms with Crippen LogP contribution in [0.5, 0.6) is 0 Å². The second-order valence-corrected chi connectivity index (χ2v) is 5.91. The molecule has 2 rings (SSSR count). The number of aryl methyl sites for hydroxylation is 1. The van der Waals surface area contributed by atoms with Crippen LogP contribution >= 0.6 is 0 Å². The van der Waals surface area contributed by atoms with Crippen LogP contribution in [0.3, 0.4) is 0 Å². The van der Waals surface area contributed by atoms with Gasteiger partial charge in [-0.3, -0.25) is 0 Å². The van der Waals surface area contributed by atoms with Crippen molar-refractivity contribution in [3.8, 4) is 11.5 Å². The van der Waals surface area contributed by atoms with E-state index in [1.165, 1.54) is 6.07 Å². The highest BCUT2D eigenvalue weighted by Gasteiger charge is 2.12. The zero-order valence-corrected chi connectivity index (χ0v) is 12.4. The molecule has 0 aliphatic rings. The van der Waals surface area contributed by atoms with Gasteiger partial charge in [0.25, 0.3) is 0 Å². The van der Waals surface area contributed by atoms with Crippen LogP contribution in [0.4, 0.5) is 8.78 Å². The summed E-state index contributed by atoms with van der Waals surface area (Å²) in [5, 5.41) is 11.1. The molecule has 6 heteroatoms. The van der Waals surface area contributed by atoms with Crippen LogP contribution in [0.2, 0.25) is 0 Å². The zero-order chi connectivity index (χ0) is 15.5. The third kappa shape index (κ3) is 4.60. The van der Waals surface area contributed by atoms with Gasteiger partial charge in [0.05, 0.1) is 0 Å². The maximum absolute atomic E-state index is 13.2. The van der Waals surface area contributed by atoms with Crippen molar-refractivity contribution in [2.24, 2.45) is 0 Å². The van der Waals surface area contributed by atoms with Crippen molar-refractivity contribution in [1.82, 2.24) is 15.5 Å². The summed E-state index contributed by atoms with van der Waals surface area (Å²) >= 11 is 0. The van der Waals surface area contributed by atoms with Crippen LogP contribution in [0.25, 0.3) is 11.5 Å². The van der Waals surface area contributed by atoms with Gasteiger partial charge in [-0.05, 0) is 51.9 Å². The molecule has 0 aliphatic heterocycles. The first-order valence-electron chi connectivity index (χ1n) is 6.88. The lowest BCUT2D eigenvalue weighted by Crippen LogP contribution is -2.36. The number of nitrogens with zero attached hydrogens (tertiary/aromatic N) is 2. The monoisotopic (exact) mass is 295 g/mol. The first-order chi connectivity index (χ1) is 9.85. The average molecular weight is 295 g/mol. The summed E-state index contributed by atoms with van der Waals surface area (Å²) < 4.78 is 31.5. The lowest BCUT2D eigenvalue weighted by molar-refractivity contribution is 0.412. The molecule has 0 aliphatic carbocycles. The summed E-state index contributed by atoms with van der Waals surface area (Å²) in [5.41, 5.74) is 0.450. The van der Waals surface area contributed by atoms with Gasteiger partial charge in [-0.25, -0.2) is 8.78 Å². The lowest BCUT2D eigenvalue weighted by atomic mass is 10.1. The fraction of sp³-hybridized carbons (Fsp3) is 0.467. The molecule has 2 aromatic rings. The molecule has 0 saturated carbocycles. The minimum atomic E-state index is -0.929. The van der Waals surface area contributed by atoms with E-state index >= 15 is 0 Å². The average Bonchev–Trinajstić information content (AvgIpc) is 2.86. The van der Waals surface area contributed by atoms with Crippen molar-refractivity contribution in [2.75, 3.05) is 6.54 Å². The zero-order valence-electron chi connectivity index (χ0n) is 12.4. The second kappa shape index (κ2) is 6.30. The first kappa shape index (κ1) is 15.6. The SMILES string of the molecule is CC(C)(C)NCCCc1nnc(-c2ccc(F)c(F)c2)o1. The van der Waals surface area contributed by atoms with Crippen LogP contribution in [0.15, 0.2) is 22.6 Å². The number of nitrogens with one attached hydrogen (secondary N) is 1. The Morgan fingerprint density at radius 3 is 2.57 bits per heavy atom. The quantitative estimate of drug-likeness (QED) is 0.860. The fourth-order valence-electron chi connectivity index (χ4n) is 1.80. The van der Waals surface area contributed by atoms with Gasteiger partial charge in [-0.15, -0.1) is 10.2 Å². The molecule has 1 aromatic heterocycles. The highest BCUT2D eigenvalue weighted by atomic mass is 19.2. The number of aromatic nitrogens is 2. The lowest BCUT2D eigenvalue weighted by Gasteiger charge is -2.19. The van der Waals surface area contributed by atoms with E-state index in [0.29, 0.717) is 17.9 Å². The minimum Gasteiger partial charge on any atom is -0.421 e. The summed E-state index contributed by atoms with van der Waals surface area (Å²) in [5.74, 6) is -1.13. The smallest absolute Gasteiger partial charge is 0.247 e. The Balaban J connectivity index is 1.93. The van der Waals surface area contributed by atoms with Crippen molar-refractivity contribution >= 4 is 0 Å². The van der Waals surface area contributed by atoms with Gasteiger partial charge in [-0.1, -0.05) is 0 Å². The predicted octanol–water partition coefficient (Wildman–Crippen LogP) is 3.34. The first-order valence-corrected chi connectivity index (χ1v) is 6.88. The van der Waals surface area contributed by atoms with Gasteiger partial charge >= 0.3 is 0 Å². The minimum absolute atomic E-state index is 0.0750. The van der Waals surface area contributed by atoms with Crippen LogP contribution in [0, 0.1) is 11.6 Å². The Labute approximate surface area is 122 Å². The Bertz CT molecular complexity index is 605. The van der Waals surface area contributed by atoms with Gasteiger partial charge < -0.3 is 9.73 Å². The number of benzene rings is 1. The molecule has 21 heavy (non-hydrogen) atoms. The van der Waals surface area contributed by atoms with Gasteiger partial charge in [0.1, 0.15) is 0 Å². The molecule has 1 aromatic carbocycles. The van der Waals surface area contributed by atoms with Crippen LogP contribution < -0.4 is 5.32 Å². The molecular weight excluding hydrogens is 276 g/mol. The van der Waals surface area contributed by atoms with E-state index < -0.39 is 11.6 Å². The maximum Gasteiger partial charge on any atom is 0.247 e. The van der Waals surface area contributed by atoms with E-state index in [2.05, 4.69) is 36.3 Å². The molecule has 1 N–H and O–H groups in total. The molecule has 114 valence electrons. The standard InChI is InChI=1S/C15H19F2N3O/c1-15(2,3)18-8-4-5-13-19-20-14(21-13)10-6-7-11(16)12(17)9-10/h6-7,9,18H,4-5,8H2,1-3H3. The second-order valence-electron chi connectivity index (χ2n) is 5.91. The van der Waals surface area contributed by atoms with E-state index in [1.54, 1.807) is 0 Å². The summed E-state index contributed by atoms with van der Waals surface area (Å²) in [6, 6.07) is 3.51. The summed E-state index contributed by atoms with van der Waals surface area (Å²) in [7, 11) is 0. The molecule has 0 spiro atoms. The van der Waals surface area contributed by atoms with Crippen molar-refractivity contribution in [3.63, 3.8) is 0 Å². The van der Waals surface area contributed by atoms with Crippen LogP contribution in [0.1, 0.15) is 33.1 Å². The molecule has 0 fully saturated rings. The maximum atomic E-state index is 13.2. The van der Waals surface area contributed by atoms with Crippen molar-refractivity contribution in [2.45, 2.75) is 39.2 Å². The van der Waals surface area contributed by atoms with Crippen molar-refractivity contribution in [3.05, 3.63) is 35.7 Å². The Morgan fingerprint density at radius 1 is 1.14 bits per heavy atom. The van der Waals surface area contributed by atoms with E-state index in [4.69, 9.17) is 4.42 Å². The number of halogens is 2. The number of hydrogen-bond donors (Lipinski definition) is 1. The van der Waals surface area contributed by atoms with Gasteiger partial charge in [0.2, 0.25) is 11.8 Å². The summed E-state index contributed by atoms with van der Waals surface area (Å²) in [6.07, 6.45) is 1.50. The van der Waals surface area contributed by atoms with Gasteiger partial charge in [-0.2, -0.15) is 0 Å². The Kier molecular flexibility index (Phi) is 4.67. The predicted molar refractivity (Wildman–Crippen MR) is 75.7 cm³/mol. The number of rotatable bonds is 5. The molecule has 0 unspecified atom stereocenters. The third-order valence-electron chi connectivity index (χ3n) is 2.86. The number of hydrogen-bond acceptors (Lipinski definition) is 4. The Hall–Kier alpha value is -1.82. The fourth-order valence-corrected chi connectivity index (χ4v) is 1.80. The summed E-state index contributed by atoms with van der Waals surface area (Å²) in [6.45, 7) is 7.13. The molecular formula is C15H19F2N3O. The normalized spacial score (nSPS) is 11.9. The van der Waals surface area contributed by atoms with E-state index in [0.717, 1.165) is 25.1 Å². The highest BCUT2D eigenvalue weighted by Crippen LogP contribution is 2.20. The van der Waals surface area contributed by atoms with Crippen molar-refractivity contribution in [1.29, 1.82) is 0 Å². The topological polar surface area (TPSA) is 51.0 Å². The largest absolute Gasteiger partial charge is 0.421 e. The third-order valence-corrected chi connectivity index (χ3v) is 2.86. The van der Waals surface area contributed by atoms with E-state index in [-0.39, 0.29) is 11.4 Å². The molecule has 4 nitrogen and oxygen atoms in total.